The van der Waals surface area contributed by atoms with E-state index in [0.717, 1.165) is 6.42 Å². The number of hydrogen-bond acceptors (Lipinski definition) is 6. The van der Waals surface area contributed by atoms with Gasteiger partial charge in [-0.05, 0) is 30.7 Å². The van der Waals surface area contributed by atoms with Gasteiger partial charge in [-0.2, -0.15) is 4.98 Å². The van der Waals surface area contributed by atoms with E-state index in [-0.39, 0.29) is 24.2 Å². The molecule has 1 aliphatic rings. The van der Waals surface area contributed by atoms with Crippen molar-refractivity contribution in [2.75, 3.05) is 38.0 Å². The Labute approximate surface area is 169 Å². The summed E-state index contributed by atoms with van der Waals surface area (Å²) in [5, 5.41) is 6.60. The number of carbonyl (C=O) groups is 2. The maximum absolute atomic E-state index is 12.9. The van der Waals surface area contributed by atoms with Gasteiger partial charge in [0.05, 0.1) is 6.54 Å². The van der Waals surface area contributed by atoms with E-state index in [0.29, 0.717) is 62.8 Å². The molecule has 9 heteroatoms. The molecule has 0 atom stereocenters. The zero-order valence-electron chi connectivity index (χ0n) is 16.6. The first-order valence-electron chi connectivity index (χ1n) is 9.90. The number of nitrogens with one attached hydrogen (secondary N) is 1. The molecule has 0 radical (unpaired) electrons. The molecule has 156 valence electrons. The molecule has 3 rings (SSSR count). The van der Waals surface area contributed by atoms with Crippen molar-refractivity contribution in [2.45, 2.75) is 32.6 Å². The largest absolute Gasteiger partial charge is 0.340 e. The Morgan fingerprint density at radius 2 is 1.90 bits per heavy atom. The first-order valence-corrected chi connectivity index (χ1v) is 9.90. The molecular formula is C20H26FN5O3. The minimum absolute atomic E-state index is 0.107. The molecule has 1 aliphatic heterocycles. The molecule has 0 unspecified atom stereocenters. The van der Waals surface area contributed by atoms with Crippen molar-refractivity contribution in [3.8, 4) is 0 Å². The van der Waals surface area contributed by atoms with Gasteiger partial charge in [0.15, 0.2) is 5.82 Å². The van der Waals surface area contributed by atoms with Crippen LogP contribution in [0.5, 0.6) is 0 Å². The van der Waals surface area contributed by atoms with Crippen LogP contribution in [0.3, 0.4) is 0 Å². The van der Waals surface area contributed by atoms with Crippen LogP contribution in [0.2, 0.25) is 0 Å². The number of anilines is 1. The average molecular weight is 403 g/mol. The maximum atomic E-state index is 12.9. The van der Waals surface area contributed by atoms with Crippen LogP contribution in [0.4, 0.5) is 10.1 Å². The first-order chi connectivity index (χ1) is 14.0. The molecule has 1 fully saturated rings. The van der Waals surface area contributed by atoms with Gasteiger partial charge in [0.1, 0.15) is 5.82 Å². The van der Waals surface area contributed by atoms with Gasteiger partial charge in [0.2, 0.25) is 17.7 Å². The highest BCUT2D eigenvalue weighted by Gasteiger charge is 2.22. The van der Waals surface area contributed by atoms with Crippen molar-refractivity contribution < 1.29 is 18.5 Å². The third-order valence-electron chi connectivity index (χ3n) is 4.83. The minimum atomic E-state index is -0.341. The number of piperazine rings is 1. The Balaban J connectivity index is 1.34. The summed E-state index contributed by atoms with van der Waals surface area (Å²) < 4.78 is 18.0. The molecule has 1 aromatic carbocycles. The van der Waals surface area contributed by atoms with E-state index in [1.54, 1.807) is 0 Å². The predicted molar refractivity (Wildman–Crippen MR) is 105 cm³/mol. The number of carbonyl (C=O) groups excluding carboxylic acids is 2. The van der Waals surface area contributed by atoms with Gasteiger partial charge in [0.25, 0.3) is 0 Å². The molecule has 0 saturated carbocycles. The zero-order valence-corrected chi connectivity index (χ0v) is 16.6. The van der Waals surface area contributed by atoms with Crippen LogP contribution < -0.4 is 5.32 Å². The van der Waals surface area contributed by atoms with Gasteiger partial charge in [-0.15, -0.1) is 0 Å². The number of rotatable bonds is 8. The Hall–Kier alpha value is -2.81. The lowest BCUT2D eigenvalue weighted by Crippen LogP contribution is -2.50. The van der Waals surface area contributed by atoms with Gasteiger partial charge in [-0.3, -0.25) is 14.5 Å². The number of aryl methyl sites for hydroxylation is 2. The number of benzene rings is 1. The summed E-state index contributed by atoms with van der Waals surface area (Å²) in [6.07, 6.45) is 2.44. The van der Waals surface area contributed by atoms with E-state index >= 15 is 0 Å². The van der Waals surface area contributed by atoms with E-state index in [4.69, 9.17) is 4.52 Å². The van der Waals surface area contributed by atoms with Crippen molar-refractivity contribution in [1.29, 1.82) is 0 Å². The Kier molecular flexibility index (Phi) is 7.29. The lowest BCUT2D eigenvalue weighted by Gasteiger charge is -2.34. The summed E-state index contributed by atoms with van der Waals surface area (Å²) in [7, 11) is 0. The highest BCUT2D eigenvalue weighted by molar-refractivity contribution is 5.92. The molecule has 0 bridgehead atoms. The second kappa shape index (κ2) is 10.1. The lowest BCUT2D eigenvalue weighted by molar-refractivity contribution is -0.133. The van der Waals surface area contributed by atoms with Gasteiger partial charge in [-0.25, -0.2) is 4.39 Å². The molecule has 2 heterocycles. The Bertz CT molecular complexity index is 816. The van der Waals surface area contributed by atoms with E-state index in [1.807, 2.05) is 16.7 Å². The summed E-state index contributed by atoms with van der Waals surface area (Å²) in [6.45, 7) is 4.70. The van der Waals surface area contributed by atoms with E-state index in [1.165, 1.54) is 24.3 Å². The number of aromatic nitrogens is 2. The Morgan fingerprint density at radius 1 is 1.17 bits per heavy atom. The zero-order chi connectivity index (χ0) is 20.6. The quantitative estimate of drug-likeness (QED) is 0.724. The average Bonchev–Trinajstić information content (AvgIpc) is 3.18. The standard InChI is InChI=1S/C20H26FN5O3/c1-2-17-23-19(29-24-17)4-3-5-20(28)26-12-10-25(11-13-26)14-18(27)22-16-8-6-15(21)7-9-16/h6-9H,2-5,10-14H2,1H3,(H,22,27). The van der Waals surface area contributed by atoms with E-state index < -0.39 is 0 Å². The van der Waals surface area contributed by atoms with Crippen molar-refractivity contribution in [3.63, 3.8) is 0 Å². The number of amides is 2. The first kappa shape index (κ1) is 20.9. The summed E-state index contributed by atoms with van der Waals surface area (Å²) in [5.74, 6) is 0.877. The monoisotopic (exact) mass is 403 g/mol. The van der Waals surface area contributed by atoms with Gasteiger partial charge < -0.3 is 14.7 Å². The minimum Gasteiger partial charge on any atom is -0.340 e. The molecule has 8 nitrogen and oxygen atoms in total. The summed E-state index contributed by atoms with van der Waals surface area (Å²) in [4.78, 5) is 32.6. The fraction of sp³-hybridized carbons (Fsp3) is 0.500. The molecule has 1 saturated heterocycles. The molecule has 2 amide bonds. The van der Waals surface area contributed by atoms with Crippen molar-refractivity contribution in [3.05, 3.63) is 41.8 Å². The normalized spacial score (nSPS) is 14.8. The molecule has 2 aromatic rings. The van der Waals surface area contributed by atoms with E-state index in [9.17, 15) is 14.0 Å². The smallest absolute Gasteiger partial charge is 0.238 e. The van der Waals surface area contributed by atoms with Crippen molar-refractivity contribution in [1.82, 2.24) is 19.9 Å². The highest BCUT2D eigenvalue weighted by Crippen LogP contribution is 2.10. The summed E-state index contributed by atoms with van der Waals surface area (Å²) in [6, 6.07) is 5.67. The van der Waals surface area contributed by atoms with E-state index in [2.05, 4.69) is 15.5 Å². The topological polar surface area (TPSA) is 91.6 Å². The fourth-order valence-corrected chi connectivity index (χ4v) is 3.18. The van der Waals surface area contributed by atoms with Gasteiger partial charge in [-0.1, -0.05) is 12.1 Å². The second-order valence-electron chi connectivity index (χ2n) is 7.02. The van der Waals surface area contributed by atoms with Crippen LogP contribution >= 0.6 is 0 Å². The van der Waals surface area contributed by atoms with Crippen LogP contribution in [0, 0.1) is 5.82 Å². The number of halogens is 1. The number of hydrogen-bond donors (Lipinski definition) is 1. The SMILES string of the molecule is CCc1noc(CCCC(=O)N2CCN(CC(=O)Nc3ccc(F)cc3)CC2)n1. The summed E-state index contributed by atoms with van der Waals surface area (Å²) in [5.41, 5.74) is 0.567. The maximum Gasteiger partial charge on any atom is 0.238 e. The van der Waals surface area contributed by atoms with Crippen LogP contribution in [0.25, 0.3) is 0 Å². The molecule has 1 aromatic heterocycles. The third-order valence-corrected chi connectivity index (χ3v) is 4.83. The predicted octanol–water partition coefficient (Wildman–Crippen LogP) is 1.88. The molecule has 0 spiro atoms. The van der Waals surface area contributed by atoms with Crippen LogP contribution in [0.15, 0.2) is 28.8 Å². The van der Waals surface area contributed by atoms with Crippen LogP contribution in [-0.2, 0) is 22.4 Å². The second-order valence-corrected chi connectivity index (χ2v) is 7.02. The highest BCUT2D eigenvalue weighted by atomic mass is 19.1. The van der Waals surface area contributed by atoms with Crippen molar-refractivity contribution in [2.24, 2.45) is 0 Å². The van der Waals surface area contributed by atoms with Crippen molar-refractivity contribution >= 4 is 17.5 Å². The molecule has 1 N–H and O–H groups in total. The lowest BCUT2D eigenvalue weighted by atomic mass is 10.2. The third kappa shape index (κ3) is 6.35. The Morgan fingerprint density at radius 3 is 2.55 bits per heavy atom. The van der Waals surface area contributed by atoms with Gasteiger partial charge in [0, 0.05) is 51.1 Å². The molecule has 29 heavy (non-hydrogen) atoms. The van der Waals surface area contributed by atoms with Crippen LogP contribution in [-0.4, -0.2) is 64.5 Å². The molecular weight excluding hydrogens is 377 g/mol. The molecule has 0 aliphatic carbocycles. The number of nitrogens with zero attached hydrogens (tertiary/aromatic N) is 4. The van der Waals surface area contributed by atoms with Crippen LogP contribution in [0.1, 0.15) is 31.5 Å². The fourth-order valence-electron chi connectivity index (χ4n) is 3.18. The summed E-state index contributed by atoms with van der Waals surface area (Å²) >= 11 is 0. The van der Waals surface area contributed by atoms with Gasteiger partial charge >= 0.3 is 0 Å².